The van der Waals surface area contributed by atoms with Gasteiger partial charge in [-0.15, -0.1) is 0 Å². The average molecular weight is 448 g/mol. The molecule has 2 N–H and O–H groups in total. The van der Waals surface area contributed by atoms with E-state index in [-0.39, 0.29) is 22.5 Å². The van der Waals surface area contributed by atoms with E-state index in [1.54, 1.807) is 12.1 Å². The minimum Gasteiger partial charge on any atom is -0.478 e. The van der Waals surface area contributed by atoms with Gasteiger partial charge in [-0.1, -0.05) is 19.1 Å². The van der Waals surface area contributed by atoms with Crippen molar-refractivity contribution in [2.75, 3.05) is 25.0 Å². The first-order chi connectivity index (χ1) is 15.1. The molecule has 10 heteroatoms. The van der Waals surface area contributed by atoms with Gasteiger partial charge >= 0.3 is 12.1 Å². The van der Waals surface area contributed by atoms with Gasteiger partial charge in [0.15, 0.2) is 0 Å². The highest BCUT2D eigenvalue weighted by atomic mass is 19.4. The number of para-hydroxylation sites is 1. The van der Waals surface area contributed by atoms with Gasteiger partial charge in [0.1, 0.15) is 18.0 Å². The van der Waals surface area contributed by atoms with E-state index in [2.05, 4.69) is 27.1 Å². The number of fused-ring (bicyclic) bond motifs is 1. The Kier molecular flexibility index (Phi) is 5.72. The Morgan fingerprint density at radius 3 is 2.66 bits per heavy atom. The number of benzene rings is 2. The van der Waals surface area contributed by atoms with Crippen molar-refractivity contribution in [3.05, 3.63) is 65.2 Å². The van der Waals surface area contributed by atoms with Crippen molar-refractivity contribution in [1.29, 1.82) is 0 Å². The first-order valence-electron chi connectivity index (χ1n) is 9.96. The molecule has 1 aliphatic rings. The topological polar surface area (TPSA) is 78.3 Å². The van der Waals surface area contributed by atoms with Gasteiger partial charge < -0.3 is 15.3 Å². The van der Waals surface area contributed by atoms with Gasteiger partial charge in [-0.2, -0.15) is 13.2 Å². The summed E-state index contributed by atoms with van der Waals surface area (Å²) in [5.41, 5.74) is -0.884. The van der Waals surface area contributed by atoms with Gasteiger partial charge in [-0.05, 0) is 35.7 Å². The number of nitrogens with one attached hydrogen (secondary N) is 1. The van der Waals surface area contributed by atoms with Crippen LogP contribution in [0, 0.1) is 11.7 Å². The Morgan fingerprint density at radius 1 is 1.25 bits per heavy atom. The Balaban J connectivity index is 1.74. The van der Waals surface area contributed by atoms with Gasteiger partial charge in [0.2, 0.25) is 0 Å². The molecule has 0 saturated carbocycles. The van der Waals surface area contributed by atoms with Gasteiger partial charge in [-0.25, -0.2) is 19.2 Å². The molecule has 6 nitrogen and oxygen atoms in total. The summed E-state index contributed by atoms with van der Waals surface area (Å²) in [7, 11) is 0. The zero-order valence-electron chi connectivity index (χ0n) is 17.0. The fourth-order valence-electron chi connectivity index (χ4n) is 3.99. The lowest BCUT2D eigenvalue weighted by atomic mass is 9.98. The highest BCUT2D eigenvalue weighted by molar-refractivity contribution is 6.04. The highest BCUT2D eigenvalue weighted by Gasteiger charge is 2.35. The van der Waals surface area contributed by atoms with E-state index in [4.69, 9.17) is 0 Å². The minimum atomic E-state index is -4.83. The van der Waals surface area contributed by atoms with Gasteiger partial charge in [0, 0.05) is 25.0 Å². The van der Waals surface area contributed by atoms with Crippen molar-refractivity contribution >= 4 is 22.7 Å². The molecule has 0 unspecified atom stereocenters. The number of rotatable bonds is 6. The molecular weight excluding hydrogens is 428 g/mol. The summed E-state index contributed by atoms with van der Waals surface area (Å²) in [5.74, 6) is -1.72. The van der Waals surface area contributed by atoms with Crippen LogP contribution in [0.15, 0.2) is 42.7 Å². The molecule has 4 rings (SSSR count). The van der Waals surface area contributed by atoms with Crippen LogP contribution in [-0.2, 0) is 6.18 Å². The quantitative estimate of drug-likeness (QED) is 0.537. The van der Waals surface area contributed by atoms with Crippen LogP contribution in [0.5, 0.6) is 0 Å². The fourth-order valence-corrected chi connectivity index (χ4v) is 3.99. The molecule has 168 valence electrons. The summed E-state index contributed by atoms with van der Waals surface area (Å²) < 4.78 is 53.7. The van der Waals surface area contributed by atoms with Gasteiger partial charge in [-0.3, -0.25) is 0 Å². The maximum Gasteiger partial charge on any atom is 0.419 e. The molecule has 1 atom stereocenters. The van der Waals surface area contributed by atoms with Crippen LogP contribution in [0.1, 0.15) is 34.5 Å². The second-order valence-electron chi connectivity index (χ2n) is 7.99. The van der Waals surface area contributed by atoms with Crippen molar-refractivity contribution in [2.45, 2.75) is 19.1 Å². The molecular formula is C22H20F4N4O2. The van der Waals surface area contributed by atoms with Crippen molar-refractivity contribution in [3.63, 3.8) is 0 Å². The third-order valence-corrected chi connectivity index (χ3v) is 5.48. The van der Waals surface area contributed by atoms with E-state index >= 15 is 0 Å². The molecule has 3 aromatic rings. The summed E-state index contributed by atoms with van der Waals surface area (Å²) in [5, 5.41) is 13.0. The molecule has 0 radical (unpaired) electrons. The standard InChI is InChI=1S/C22H20F4N4O2/c1-12-8-30(9-12)10-18(13-5-6-17(23)16(7-13)22(24,25)26)29-20-14-3-2-4-15(21(31)32)19(14)27-11-28-20/h2-7,11-12,18H,8-10H2,1H3,(H,31,32)(H,27,28,29)/t18-/m1/s1. The predicted octanol–water partition coefficient (Wildman–Crippen LogP) is 4.59. The van der Waals surface area contributed by atoms with E-state index < -0.39 is 29.6 Å². The van der Waals surface area contributed by atoms with Crippen molar-refractivity contribution in [1.82, 2.24) is 14.9 Å². The number of hydrogen-bond donors (Lipinski definition) is 2. The summed E-state index contributed by atoms with van der Waals surface area (Å²) in [6, 6.07) is 6.89. The lowest BCUT2D eigenvalue weighted by Gasteiger charge is -2.39. The second kappa shape index (κ2) is 8.34. The molecule has 2 aromatic carbocycles. The number of likely N-dealkylation sites (tertiary alicyclic amines) is 1. The first-order valence-corrected chi connectivity index (χ1v) is 9.96. The number of aromatic nitrogens is 2. The number of aromatic carboxylic acids is 1. The second-order valence-corrected chi connectivity index (χ2v) is 7.99. The van der Waals surface area contributed by atoms with Crippen LogP contribution in [-0.4, -0.2) is 45.6 Å². The molecule has 1 saturated heterocycles. The summed E-state index contributed by atoms with van der Waals surface area (Å²) in [6.07, 6.45) is -3.63. The van der Waals surface area contributed by atoms with Crippen LogP contribution in [0.2, 0.25) is 0 Å². The van der Waals surface area contributed by atoms with Crippen LogP contribution < -0.4 is 5.32 Å². The van der Waals surface area contributed by atoms with E-state index in [0.717, 1.165) is 25.2 Å². The van der Waals surface area contributed by atoms with Crippen molar-refractivity contribution < 1.29 is 27.5 Å². The number of halogens is 4. The molecule has 2 heterocycles. The average Bonchev–Trinajstić information content (AvgIpc) is 2.71. The van der Waals surface area contributed by atoms with E-state index in [0.29, 0.717) is 17.8 Å². The van der Waals surface area contributed by atoms with E-state index in [1.807, 2.05) is 0 Å². The summed E-state index contributed by atoms with van der Waals surface area (Å²) in [6.45, 7) is 4.03. The lowest BCUT2D eigenvalue weighted by molar-refractivity contribution is -0.140. The Morgan fingerprint density at radius 2 is 2.00 bits per heavy atom. The molecule has 0 aliphatic carbocycles. The van der Waals surface area contributed by atoms with Crippen LogP contribution in [0.3, 0.4) is 0 Å². The highest BCUT2D eigenvalue weighted by Crippen LogP contribution is 2.35. The zero-order valence-corrected chi connectivity index (χ0v) is 17.0. The number of hydrogen-bond acceptors (Lipinski definition) is 5. The third-order valence-electron chi connectivity index (χ3n) is 5.48. The Bertz CT molecular complexity index is 1160. The zero-order chi connectivity index (χ0) is 23.0. The van der Waals surface area contributed by atoms with Crippen LogP contribution >= 0.6 is 0 Å². The van der Waals surface area contributed by atoms with Gasteiger partial charge in [0.25, 0.3) is 0 Å². The largest absolute Gasteiger partial charge is 0.478 e. The Hall–Kier alpha value is -3.27. The molecule has 1 aromatic heterocycles. The molecule has 0 spiro atoms. The number of anilines is 1. The molecule has 32 heavy (non-hydrogen) atoms. The molecule has 0 bridgehead atoms. The lowest BCUT2D eigenvalue weighted by Crippen LogP contribution is -2.47. The fraction of sp³-hybridized carbons (Fsp3) is 0.318. The number of carbonyl (C=O) groups is 1. The van der Waals surface area contributed by atoms with Crippen molar-refractivity contribution in [3.8, 4) is 0 Å². The number of carboxylic acids is 1. The third kappa shape index (κ3) is 4.36. The number of carboxylic acid groups (broad SMARTS) is 1. The monoisotopic (exact) mass is 448 g/mol. The summed E-state index contributed by atoms with van der Waals surface area (Å²) in [4.78, 5) is 21.9. The van der Waals surface area contributed by atoms with Crippen molar-refractivity contribution in [2.24, 2.45) is 5.92 Å². The molecule has 0 amide bonds. The molecule has 1 fully saturated rings. The molecule has 1 aliphatic heterocycles. The predicted molar refractivity (Wildman–Crippen MR) is 110 cm³/mol. The smallest absolute Gasteiger partial charge is 0.419 e. The Labute approximate surface area is 180 Å². The normalized spacial score (nSPS) is 16.0. The maximum atomic E-state index is 13.8. The SMILES string of the molecule is CC1CN(C[C@@H](Nc2ncnc3c(C(=O)O)cccc23)c2ccc(F)c(C(F)(F)F)c2)C1. The maximum absolute atomic E-state index is 13.8. The van der Waals surface area contributed by atoms with Gasteiger partial charge in [0.05, 0.1) is 22.7 Å². The van der Waals surface area contributed by atoms with Crippen LogP contribution in [0.25, 0.3) is 10.9 Å². The van der Waals surface area contributed by atoms with Crippen LogP contribution in [0.4, 0.5) is 23.4 Å². The van der Waals surface area contributed by atoms with E-state index in [9.17, 15) is 27.5 Å². The number of alkyl halides is 3. The minimum absolute atomic E-state index is 0.0118. The first kappa shape index (κ1) is 21.9. The number of nitrogens with zero attached hydrogens (tertiary/aromatic N) is 3. The van der Waals surface area contributed by atoms with E-state index in [1.165, 1.54) is 18.5 Å². The summed E-state index contributed by atoms with van der Waals surface area (Å²) >= 11 is 0.